The lowest BCUT2D eigenvalue weighted by Crippen LogP contribution is -2.45. The third-order valence-corrected chi connectivity index (χ3v) is 4.95. The molecule has 1 aliphatic rings. The van der Waals surface area contributed by atoms with E-state index in [1.54, 1.807) is 20.8 Å². The molecule has 4 unspecified atom stereocenters. The van der Waals surface area contributed by atoms with Gasteiger partial charge in [-0.2, -0.15) is 0 Å². The fraction of sp³-hybridized carbons (Fsp3) is 0.909. The minimum absolute atomic E-state index is 0.0711. The monoisotopic (exact) mass is 399 g/mol. The van der Waals surface area contributed by atoms with Crippen LogP contribution in [0.4, 0.5) is 4.79 Å². The van der Waals surface area contributed by atoms with E-state index in [1.807, 2.05) is 6.92 Å². The summed E-state index contributed by atoms with van der Waals surface area (Å²) in [6, 6.07) is -0.687. The van der Waals surface area contributed by atoms with E-state index >= 15 is 0 Å². The van der Waals surface area contributed by atoms with Crippen LogP contribution in [-0.4, -0.2) is 42.5 Å². The van der Waals surface area contributed by atoms with Crippen molar-refractivity contribution in [3.63, 3.8) is 0 Å². The molecule has 1 N–H and O–H groups in total. The smallest absolute Gasteiger partial charge is 0.408 e. The first-order valence-electron chi connectivity index (χ1n) is 10.8. The average Bonchev–Trinajstić information content (AvgIpc) is 2.60. The van der Waals surface area contributed by atoms with Gasteiger partial charge in [0.05, 0.1) is 6.10 Å². The van der Waals surface area contributed by atoms with Crippen molar-refractivity contribution >= 4 is 12.1 Å². The summed E-state index contributed by atoms with van der Waals surface area (Å²) in [6.07, 6.45) is 4.39. The van der Waals surface area contributed by atoms with E-state index in [4.69, 9.17) is 14.2 Å². The zero-order valence-electron chi connectivity index (χ0n) is 18.9. The van der Waals surface area contributed by atoms with Crippen LogP contribution in [0.2, 0.25) is 0 Å². The summed E-state index contributed by atoms with van der Waals surface area (Å²) >= 11 is 0. The van der Waals surface area contributed by atoms with Crippen LogP contribution in [0.3, 0.4) is 0 Å². The van der Waals surface area contributed by atoms with Crippen molar-refractivity contribution in [2.75, 3.05) is 6.61 Å². The lowest BCUT2D eigenvalue weighted by atomic mass is 9.86. The number of esters is 1. The molecule has 0 aromatic rings. The Labute approximate surface area is 171 Å². The maximum absolute atomic E-state index is 12.7. The van der Waals surface area contributed by atoms with Crippen LogP contribution in [0, 0.1) is 11.8 Å². The summed E-state index contributed by atoms with van der Waals surface area (Å²) in [7, 11) is 0. The predicted molar refractivity (Wildman–Crippen MR) is 110 cm³/mol. The first-order chi connectivity index (χ1) is 13.0. The van der Waals surface area contributed by atoms with Crippen molar-refractivity contribution in [2.24, 2.45) is 11.8 Å². The Bertz CT molecular complexity index is 486. The molecule has 0 spiro atoms. The number of hydrogen-bond acceptors (Lipinski definition) is 5. The van der Waals surface area contributed by atoms with Crippen LogP contribution in [0.5, 0.6) is 0 Å². The van der Waals surface area contributed by atoms with Gasteiger partial charge in [0.2, 0.25) is 0 Å². The second kappa shape index (κ2) is 11.6. The molecule has 6 heteroatoms. The number of amides is 1. The van der Waals surface area contributed by atoms with Crippen molar-refractivity contribution < 1.29 is 23.8 Å². The lowest BCUT2D eigenvalue weighted by molar-refractivity contribution is -0.156. The fourth-order valence-corrected chi connectivity index (χ4v) is 3.51. The molecule has 0 aromatic heterocycles. The predicted octanol–water partition coefficient (Wildman–Crippen LogP) is 4.84. The Kier molecular flexibility index (Phi) is 10.3. The summed E-state index contributed by atoms with van der Waals surface area (Å²) in [4.78, 5) is 24.8. The highest BCUT2D eigenvalue weighted by molar-refractivity contribution is 5.81. The van der Waals surface area contributed by atoms with Crippen LogP contribution < -0.4 is 5.32 Å². The molecule has 1 amide bonds. The quantitative estimate of drug-likeness (QED) is 0.620. The van der Waals surface area contributed by atoms with Gasteiger partial charge in [-0.05, 0) is 65.7 Å². The van der Waals surface area contributed by atoms with Gasteiger partial charge >= 0.3 is 12.1 Å². The summed E-state index contributed by atoms with van der Waals surface area (Å²) in [5.41, 5.74) is -0.610. The Balaban J connectivity index is 2.86. The first-order valence-corrected chi connectivity index (χ1v) is 10.8. The van der Waals surface area contributed by atoms with Gasteiger partial charge in [-0.25, -0.2) is 9.59 Å². The molecule has 0 bridgehead atoms. The number of ether oxygens (including phenoxy) is 3. The number of hydrogen-bond donors (Lipinski definition) is 1. The Morgan fingerprint density at radius 3 is 2.54 bits per heavy atom. The maximum atomic E-state index is 12.7. The van der Waals surface area contributed by atoms with Gasteiger partial charge in [-0.3, -0.25) is 0 Å². The Morgan fingerprint density at radius 2 is 1.96 bits per heavy atom. The topological polar surface area (TPSA) is 73.9 Å². The average molecular weight is 400 g/mol. The SMILES string of the molecule is CCCOC1CCCC(NC(=O)OC(C)(C)C)C(=O)OC(C)C1CCC(C)C. The number of cyclic esters (lactones) is 1. The zero-order valence-corrected chi connectivity index (χ0v) is 18.9. The summed E-state index contributed by atoms with van der Waals surface area (Å²) in [5, 5.41) is 2.69. The van der Waals surface area contributed by atoms with Gasteiger partial charge in [0.15, 0.2) is 0 Å². The molecule has 0 aliphatic carbocycles. The van der Waals surface area contributed by atoms with Crippen LogP contribution in [0.1, 0.15) is 87.0 Å². The second-order valence-electron chi connectivity index (χ2n) is 9.32. The van der Waals surface area contributed by atoms with Gasteiger partial charge < -0.3 is 19.5 Å². The molecule has 1 aliphatic heterocycles. The number of carbonyl (C=O) groups is 2. The molecule has 1 rings (SSSR count). The maximum Gasteiger partial charge on any atom is 0.408 e. The summed E-state index contributed by atoms with van der Waals surface area (Å²) in [5.74, 6) is 0.367. The van der Waals surface area contributed by atoms with E-state index in [9.17, 15) is 9.59 Å². The fourth-order valence-electron chi connectivity index (χ4n) is 3.51. The van der Waals surface area contributed by atoms with Gasteiger partial charge in [0, 0.05) is 12.5 Å². The summed E-state index contributed by atoms with van der Waals surface area (Å²) < 4.78 is 17.2. The standard InChI is InChI=1S/C22H41NO5/c1-8-14-26-19-11-9-10-18(23-21(25)28-22(5,6)7)20(24)27-16(4)17(19)13-12-15(2)3/h15-19H,8-14H2,1-7H3,(H,23,25). The summed E-state index contributed by atoms with van der Waals surface area (Å²) in [6.45, 7) is 14.6. The van der Waals surface area contributed by atoms with Crippen molar-refractivity contribution in [3.05, 3.63) is 0 Å². The van der Waals surface area contributed by atoms with Crippen LogP contribution in [-0.2, 0) is 19.0 Å². The molecule has 1 heterocycles. The van der Waals surface area contributed by atoms with Crippen LogP contribution >= 0.6 is 0 Å². The number of rotatable bonds is 7. The Hall–Kier alpha value is -1.30. The van der Waals surface area contributed by atoms with E-state index in [-0.39, 0.29) is 24.1 Å². The van der Waals surface area contributed by atoms with Crippen molar-refractivity contribution in [2.45, 2.75) is 111 Å². The van der Waals surface area contributed by atoms with Crippen LogP contribution in [0.15, 0.2) is 0 Å². The van der Waals surface area contributed by atoms with Gasteiger partial charge in [-0.1, -0.05) is 27.2 Å². The van der Waals surface area contributed by atoms with E-state index < -0.39 is 17.7 Å². The molecule has 1 fully saturated rings. The van der Waals surface area contributed by atoms with E-state index in [1.165, 1.54) is 0 Å². The molecule has 28 heavy (non-hydrogen) atoms. The second-order valence-corrected chi connectivity index (χ2v) is 9.32. The molecule has 6 nitrogen and oxygen atoms in total. The first kappa shape index (κ1) is 24.7. The molecular weight excluding hydrogens is 358 g/mol. The van der Waals surface area contributed by atoms with Crippen molar-refractivity contribution in [1.29, 1.82) is 0 Å². The normalized spacial score (nSPS) is 26.8. The van der Waals surface area contributed by atoms with Gasteiger partial charge in [0.1, 0.15) is 17.7 Å². The number of alkyl carbamates (subject to hydrolysis) is 1. The van der Waals surface area contributed by atoms with E-state index in [0.29, 0.717) is 18.9 Å². The van der Waals surface area contributed by atoms with E-state index in [0.717, 1.165) is 32.1 Å². The molecule has 0 radical (unpaired) electrons. The van der Waals surface area contributed by atoms with Gasteiger partial charge in [0.25, 0.3) is 0 Å². The minimum atomic E-state index is -0.687. The molecule has 4 atom stereocenters. The van der Waals surface area contributed by atoms with Gasteiger partial charge in [-0.15, -0.1) is 0 Å². The number of carbonyl (C=O) groups excluding carboxylic acids is 2. The highest BCUT2D eigenvalue weighted by atomic mass is 16.6. The third-order valence-electron chi connectivity index (χ3n) is 4.95. The lowest BCUT2D eigenvalue weighted by Gasteiger charge is -2.31. The zero-order chi connectivity index (χ0) is 21.3. The highest BCUT2D eigenvalue weighted by Gasteiger charge is 2.35. The highest BCUT2D eigenvalue weighted by Crippen LogP contribution is 2.29. The molecular formula is C22H41NO5. The molecule has 0 aromatic carbocycles. The Morgan fingerprint density at radius 1 is 1.29 bits per heavy atom. The third kappa shape index (κ3) is 9.26. The van der Waals surface area contributed by atoms with Crippen molar-refractivity contribution in [1.82, 2.24) is 5.32 Å². The molecule has 1 saturated heterocycles. The number of nitrogens with one attached hydrogen (secondary N) is 1. The molecule has 0 saturated carbocycles. The van der Waals surface area contributed by atoms with Crippen molar-refractivity contribution in [3.8, 4) is 0 Å². The van der Waals surface area contributed by atoms with E-state index in [2.05, 4.69) is 26.1 Å². The van der Waals surface area contributed by atoms with Crippen LogP contribution in [0.25, 0.3) is 0 Å². The molecule has 164 valence electrons. The largest absolute Gasteiger partial charge is 0.461 e. The minimum Gasteiger partial charge on any atom is -0.461 e.